The summed E-state index contributed by atoms with van der Waals surface area (Å²) >= 11 is 0. The zero-order valence-electron chi connectivity index (χ0n) is 16.2. The number of hydrogen-bond acceptors (Lipinski definition) is 5. The molecule has 1 aliphatic rings. The Balaban J connectivity index is 2.18. The van der Waals surface area contributed by atoms with Gasteiger partial charge in [-0.05, 0) is 36.5 Å². The summed E-state index contributed by atoms with van der Waals surface area (Å²) in [6.45, 7) is 3.60. The van der Waals surface area contributed by atoms with Gasteiger partial charge in [-0.15, -0.1) is 0 Å². The van der Waals surface area contributed by atoms with Crippen LogP contribution in [0.4, 0.5) is 0 Å². The van der Waals surface area contributed by atoms with Crippen molar-refractivity contribution in [3.8, 4) is 0 Å². The van der Waals surface area contributed by atoms with Gasteiger partial charge in [0.25, 0.3) is 0 Å². The van der Waals surface area contributed by atoms with Crippen molar-refractivity contribution in [2.75, 3.05) is 7.11 Å². The molecule has 6 nitrogen and oxygen atoms in total. The van der Waals surface area contributed by atoms with E-state index in [1.807, 2.05) is 0 Å². The first-order chi connectivity index (χ1) is 12.7. The molecule has 0 aromatic heterocycles. The molecular formula is C20H29NO5S. The Morgan fingerprint density at radius 1 is 1.19 bits per heavy atom. The van der Waals surface area contributed by atoms with Gasteiger partial charge in [-0.1, -0.05) is 45.2 Å². The number of methoxy groups -OCH3 is 1. The van der Waals surface area contributed by atoms with Crippen LogP contribution in [0.3, 0.4) is 0 Å². The molecule has 1 aromatic rings. The predicted molar refractivity (Wildman–Crippen MR) is 104 cm³/mol. The fraction of sp³-hybridized carbons (Fsp3) is 0.600. The lowest BCUT2D eigenvalue weighted by Crippen LogP contribution is -2.48. The Morgan fingerprint density at radius 3 is 2.44 bits per heavy atom. The summed E-state index contributed by atoms with van der Waals surface area (Å²) in [6, 6.07) is 5.66. The average Bonchev–Trinajstić information content (AvgIpc) is 2.65. The van der Waals surface area contributed by atoms with E-state index in [1.165, 1.54) is 13.2 Å². The van der Waals surface area contributed by atoms with Crippen molar-refractivity contribution in [2.24, 2.45) is 11.8 Å². The van der Waals surface area contributed by atoms with Crippen LogP contribution in [0.2, 0.25) is 0 Å². The van der Waals surface area contributed by atoms with Gasteiger partial charge in [0.2, 0.25) is 10.0 Å². The minimum atomic E-state index is -3.73. The van der Waals surface area contributed by atoms with E-state index in [9.17, 15) is 18.0 Å². The van der Waals surface area contributed by atoms with E-state index in [4.69, 9.17) is 0 Å². The number of esters is 1. The van der Waals surface area contributed by atoms with Gasteiger partial charge in [0.15, 0.2) is 5.78 Å². The van der Waals surface area contributed by atoms with Crippen LogP contribution in [0.25, 0.3) is 0 Å². The molecule has 1 aliphatic carbocycles. The molecule has 0 bridgehead atoms. The maximum absolute atomic E-state index is 12.8. The zero-order chi connectivity index (χ0) is 20.0. The van der Waals surface area contributed by atoms with Gasteiger partial charge < -0.3 is 4.74 Å². The quantitative estimate of drug-likeness (QED) is 0.683. The molecule has 150 valence electrons. The predicted octanol–water partition coefficient (Wildman–Crippen LogP) is 3.07. The van der Waals surface area contributed by atoms with E-state index in [-0.39, 0.29) is 23.4 Å². The number of nitrogens with one attached hydrogen (secondary N) is 1. The Kier molecular flexibility index (Phi) is 7.56. The standard InChI is InChI=1S/C20H29NO5S/c1-14(2)19(22)18(16-9-5-4-6-10-16)21-27(24,25)13-15-8-7-11-17(12-15)20(23)26-3/h7-8,11-12,14,16,18,21H,4-6,9-10,13H2,1-3H3/t18-/m1/s1. The van der Waals surface area contributed by atoms with Crippen LogP contribution in [0.1, 0.15) is 61.9 Å². The molecule has 1 atom stereocenters. The number of carbonyl (C=O) groups is 2. The van der Waals surface area contributed by atoms with E-state index < -0.39 is 22.0 Å². The van der Waals surface area contributed by atoms with Crippen molar-refractivity contribution in [2.45, 2.75) is 57.7 Å². The smallest absolute Gasteiger partial charge is 0.337 e. The third-order valence-corrected chi connectivity index (χ3v) is 6.33. The molecule has 0 unspecified atom stereocenters. The molecule has 7 heteroatoms. The normalized spacial score (nSPS) is 16.9. The number of rotatable bonds is 8. The fourth-order valence-electron chi connectivity index (χ4n) is 3.57. The summed E-state index contributed by atoms with van der Waals surface area (Å²) in [5.41, 5.74) is 0.775. The number of hydrogen-bond donors (Lipinski definition) is 1. The van der Waals surface area contributed by atoms with E-state index in [0.717, 1.165) is 32.1 Å². The Hall–Kier alpha value is -1.73. The highest BCUT2D eigenvalue weighted by Crippen LogP contribution is 2.28. The zero-order valence-corrected chi connectivity index (χ0v) is 17.1. The Morgan fingerprint density at radius 2 is 1.85 bits per heavy atom. The molecule has 0 saturated heterocycles. The van der Waals surface area contributed by atoms with E-state index in [0.29, 0.717) is 11.1 Å². The monoisotopic (exact) mass is 395 g/mol. The topological polar surface area (TPSA) is 89.5 Å². The Labute approximate surface area is 161 Å². The van der Waals surface area contributed by atoms with Crippen LogP contribution >= 0.6 is 0 Å². The molecule has 0 amide bonds. The number of ketones is 1. The maximum atomic E-state index is 12.8. The molecule has 0 heterocycles. The van der Waals surface area contributed by atoms with Gasteiger partial charge in [0.1, 0.15) is 0 Å². The lowest BCUT2D eigenvalue weighted by atomic mass is 9.81. The molecule has 1 aromatic carbocycles. The van der Waals surface area contributed by atoms with Crippen molar-refractivity contribution in [1.82, 2.24) is 4.72 Å². The van der Waals surface area contributed by atoms with Gasteiger partial charge in [-0.25, -0.2) is 17.9 Å². The van der Waals surface area contributed by atoms with Crippen LogP contribution in [0.5, 0.6) is 0 Å². The van der Waals surface area contributed by atoms with Crippen LogP contribution in [0, 0.1) is 11.8 Å². The number of benzene rings is 1. The van der Waals surface area contributed by atoms with Crippen LogP contribution in [-0.2, 0) is 25.3 Å². The van der Waals surface area contributed by atoms with Gasteiger partial charge >= 0.3 is 5.97 Å². The maximum Gasteiger partial charge on any atom is 0.337 e. The van der Waals surface area contributed by atoms with Crippen molar-refractivity contribution in [3.63, 3.8) is 0 Å². The molecule has 0 radical (unpaired) electrons. The second kappa shape index (κ2) is 9.46. The average molecular weight is 396 g/mol. The van der Waals surface area contributed by atoms with Crippen molar-refractivity contribution < 1.29 is 22.7 Å². The molecule has 1 fully saturated rings. The molecule has 0 aliphatic heterocycles. The molecule has 0 spiro atoms. The number of sulfonamides is 1. The Bertz CT molecular complexity index is 766. The number of ether oxygens (including phenoxy) is 1. The summed E-state index contributed by atoms with van der Waals surface area (Å²) in [4.78, 5) is 24.3. The fourth-order valence-corrected chi connectivity index (χ4v) is 4.97. The first kappa shape index (κ1) is 21.6. The number of carbonyl (C=O) groups excluding carboxylic acids is 2. The van der Waals surface area contributed by atoms with Gasteiger partial charge in [-0.2, -0.15) is 0 Å². The SMILES string of the molecule is COC(=O)c1cccc(CS(=O)(=O)N[C@@H](C(=O)C(C)C)C2CCCCC2)c1. The highest BCUT2D eigenvalue weighted by molar-refractivity contribution is 7.88. The van der Waals surface area contributed by atoms with E-state index in [2.05, 4.69) is 9.46 Å². The third kappa shape index (κ3) is 6.14. The molecule has 1 N–H and O–H groups in total. The van der Waals surface area contributed by atoms with Gasteiger partial charge in [0, 0.05) is 5.92 Å². The highest BCUT2D eigenvalue weighted by atomic mass is 32.2. The minimum absolute atomic E-state index is 0.0461. The van der Waals surface area contributed by atoms with Gasteiger partial charge in [0.05, 0.1) is 24.5 Å². The summed E-state index contributed by atoms with van der Waals surface area (Å²) in [5.74, 6) is -1.05. The van der Waals surface area contributed by atoms with Crippen LogP contribution in [-0.4, -0.2) is 33.3 Å². The van der Waals surface area contributed by atoms with Crippen LogP contribution in [0.15, 0.2) is 24.3 Å². The highest BCUT2D eigenvalue weighted by Gasteiger charge is 2.33. The molecule has 27 heavy (non-hydrogen) atoms. The first-order valence-electron chi connectivity index (χ1n) is 9.44. The second-order valence-electron chi connectivity index (χ2n) is 7.50. The number of Topliss-reactive ketones (excluding diaryl/α,β-unsaturated/α-hetero) is 1. The second-order valence-corrected chi connectivity index (χ2v) is 9.26. The lowest BCUT2D eigenvalue weighted by molar-refractivity contribution is -0.125. The van der Waals surface area contributed by atoms with Crippen molar-refractivity contribution >= 4 is 21.8 Å². The molecule has 2 rings (SSSR count). The summed E-state index contributed by atoms with van der Waals surface area (Å²) in [5, 5.41) is 0. The molecular weight excluding hydrogens is 366 g/mol. The molecule has 1 saturated carbocycles. The first-order valence-corrected chi connectivity index (χ1v) is 11.1. The van der Waals surface area contributed by atoms with Crippen molar-refractivity contribution in [1.29, 1.82) is 0 Å². The summed E-state index contributed by atoms with van der Waals surface area (Å²) in [6.07, 6.45) is 4.91. The largest absolute Gasteiger partial charge is 0.465 e. The van der Waals surface area contributed by atoms with Crippen LogP contribution < -0.4 is 4.72 Å². The summed E-state index contributed by atoms with van der Waals surface area (Å²) in [7, 11) is -2.46. The van der Waals surface area contributed by atoms with Gasteiger partial charge in [-0.3, -0.25) is 4.79 Å². The lowest BCUT2D eigenvalue weighted by Gasteiger charge is -2.30. The van der Waals surface area contributed by atoms with E-state index in [1.54, 1.807) is 32.0 Å². The van der Waals surface area contributed by atoms with E-state index >= 15 is 0 Å². The third-order valence-electron chi connectivity index (χ3n) is 5.01. The summed E-state index contributed by atoms with van der Waals surface area (Å²) < 4.78 is 32.8. The minimum Gasteiger partial charge on any atom is -0.465 e. The van der Waals surface area contributed by atoms with Crippen molar-refractivity contribution in [3.05, 3.63) is 35.4 Å².